The lowest BCUT2D eigenvalue weighted by Crippen LogP contribution is -2.39. The van der Waals surface area contributed by atoms with Crippen LogP contribution in [0.4, 0.5) is 8.78 Å². The standard InChI is InChI=1S/C17H22F2N4O2/c1-10-5-6-22(7-10)14-4-3-12(11(2)20-14)8-23-9-13(17(24)25)15(21-23)16(18)19/h3-4,9-11,16,20H,5-8H2,1-2H3,(H,24,25). The lowest BCUT2D eigenvalue weighted by atomic mass is 10.1. The average molecular weight is 352 g/mol. The van der Waals surface area contributed by atoms with Gasteiger partial charge in [-0.25, -0.2) is 13.6 Å². The minimum Gasteiger partial charge on any atom is -0.478 e. The molecule has 1 saturated heterocycles. The van der Waals surface area contributed by atoms with Crippen LogP contribution in [-0.4, -0.2) is 44.9 Å². The van der Waals surface area contributed by atoms with Crippen LogP contribution in [0.25, 0.3) is 0 Å². The normalized spacial score (nSPS) is 23.5. The number of hydrogen-bond acceptors (Lipinski definition) is 4. The summed E-state index contributed by atoms with van der Waals surface area (Å²) in [7, 11) is 0. The van der Waals surface area contributed by atoms with E-state index in [1.165, 1.54) is 17.3 Å². The molecule has 0 amide bonds. The lowest BCUT2D eigenvalue weighted by molar-refractivity contribution is 0.0684. The molecule has 25 heavy (non-hydrogen) atoms. The molecule has 0 bridgehead atoms. The first-order valence-electron chi connectivity index (χ1n) is 8.36. The van der Waals surface area contributed by atoms with Crippen molar-refractivity contribution in [2.45, 2.75) is 39.3 Å². The summed E-state index contributed by atoms with van der Waals surface area (Å²) in [5.41, 5.74) is -0.183. The van der Waals surface area contributed by atoms with E-state index in [4.69, 9.17) is 5.11 Å². The van der Waals surface area contributed by atoms with Gasteiger partial charge in [-0.2, -0.15) is 5.10 Å². The first-order valence-corrected chi connectivity index (χ1v) is 8.36. The highest BCUT2D eigenvalue weighted by atomic mass is 19.3. The zero-order valence-electron chi connectivity index (χ0n) is 14.2. The van der Waals surface area contributed by atoms with Crippen LogP contribution in [0.3, 0.4) is 0 Å². The Labute approximate surface area is 144 Å². The van der Waals surface area contributed by atoms with E-state index in [1.807, 2.05) is 19.1 Å². The fourth-order valence-electron chi connectivity index (χ4n) is 3.26. The summed E-state index contributed by atoms with van der Waals surface area (Å²) in [6.07, 6.45) is 3.38. The third-order valence-electron chi connectivity index (χ3n) is 4.71. The number of hydrogen-bond donors (Lipinski definition) is 2. The van der Waals surface area contributed by atoms with Crippen LogP contribution >= 0.6 is 0 Å². The highest BCUT2D eigenvalue weighted by molar-refractivity contribution is 5.88. The molecule has 136 valence electrons. The number of nitrogens with zero attached hydrogens (tertiary/aromatic N) is 3. The van der Waals surface area contributed by atoms with Crippen molar-refractivity contribution in [1.82, 2.24) is 20.0 Å². The van der Waals surface area contributed by atoms with Gasteiger partial charge in [0.05, 0.1) is 6.54 Å². The topological polar surface area (TPSA) is 70.4 Å². The third kappa shape index (κ3) is 3.67. The van der Waals surface area contributed by atoms with Crippen molar-refractivity contribution < 1.29 is 18.7 Å². The van der Waals surface area contributed by atoms with Crippen molar-refractivity contribution >= 4 is 5.97 Å². The Hall–Kier alpha value is -2.38. The van der Waals surface area contributed by atoms with E-state index in [-0.39, 0.29) is 12.6 Å². The maximum absolute atomic E-state index is 12.9. The molecule has 2 aliphatic rings. The molecule has 1 aromatic heterocycles. The fraction of sp³-hybridized carbons (Fsp3) is 0.529. The maximum Gasteiger partial charge on any atom is 0.339 e. The van der Waals surface area contributed by atoms with E-state index in [2.05, 4.69) is 22.2 Å². The van der Waals surface area contributed by atoms with Gasteiger partial charge in [-0.3, -0.25) is 4.68 Å². The number of carboxylic acid groups (broad SMARTS) is 1. The Morgan fingerprint density at radius 1 is 1.44 bits per heavy atom. The van der Waals surface area contributed by atoms with Crippen LogP contribution in [0.15, 0.2) is 29.7 Å². The van der Waals surface area contributed by atoms with Crippen molar-refractivity contribution in [3.05, 3.63) is 41.0 Å². The predicted octanol–water partition coefficient (Wildman–Crippen LogP) is 2.62. The molecule has 8 heteroatoms. The van der Waals surface area contributed by atoms with Gasteiger partial charge >= 0.3 is 5.97 Å². The van der Waals surface area contributed by atoms with Crippen molar-refractivity contribution in [2.75, 3.05) is 13.1 Å². The Balaban J connectivity index is 1.77. The first-order chi connectivity index (χ1) is 11.8. The molecule has 2 N–H and O–H groups in total. The summed E-state index contributed by atoms with van der Waals surface area (Å²) in [6.45, 7) is 6.53. The molecule has 0 radical (unpaired) electrons. The van der Waals surface area contributed by atoms with E-state index in [0.29, 0.717) is 5.92 Å². The number of alkyl halides is 2. The van der Waals surface area contributed by atoms with Gasteiger partial charge in [-0.1, -0.05) is 13.0 Å². The largest absolute Gasteiger partial charge is 0.478 e. The van der Waals surface area contributed by atoms with Crippen molar-refractivity contribution in [3.63, 3.8) is 0 Å². The smallest absolute Gasteiger partial charge is 0.339 e. The summed E-state index contributed by atoms with van der Waals surface area (Å²) < 4.78 is 27.1. The van der Waals surface area contributed by atoms with Gasteiger partial charge in [-0.15, -0.1) is 0 Å². The van der Waals surface area contributed by atoms with Crippen LogP contribution < -0.4 is 5.32 Å². The third-order valence-corrected chi connectivity index (χ3v) is 4.71. The highest BCUT2D eigenvalue weighted by Gasteiger charge is 2.26. The summed E-state index contributed by atoms with van der Waals surface area (Å²) in [5.74, 6) is 0.353. The Bertz CT molecular complexity index is 726. The molecular weight excluding hydrogens is 330 g/mol. The number of dihydropyridines is 1. The molecule has 3 rings (SSSR count). The zero-order valence-corrected chi connectivity index (χ0v) is 14.2. The summed E-state index contributed by atoms with van der Waals surface area (Å²) in [6, 6.07) is 0.0170. The summed E-state index contributed by atoms with van der Waals surface area (Å²) in [5, 5.41) is 16.2. The van der Waals surface area contributed by atoms with Crippen LogP contribution in [0.2, 0.25) is 0 Å². The second kappa shape index (κ2) is 6.85. The van der Waals surface area contributed by atoms with E-state index < -0.39 is 23.7 Å². The van der Waals surface area contributed by atoms with Gasteiger partial charge in [-0.05, 0) is 30.9 Å². The number of halogens is 2. The highest BCUT2D eigenvalue weighted by Crippen LogP contribution is 2.24. The quantitative estimate of drug-likeness (QED) is 0.852. The molecule has 0 spiro atoms. The van der Waals surface area contributed by atoms with E-state index in [9.17, 15) is 13.6 Å². The fourth-order valence-corrected chi connectivity index (χ4v) is 3.26. The molecular formula is C17H22F2N4O2. The monoisotopic (exact) mass is 352 g/mol. The number of aromatic carboxylic acids is 1. The van der Waals surface area contributed by atoms with E-state index >= 15 is 0 Å². The number of carboxylic acids is 1. The molecule has 0 saturated carbocycles. The molecule has 2 unspecified atom stereocenters. The first kappa shape index (κ1) is 17.4. The van der Waals surface area contributed by atoms with Gasteiger partial charge < -0.3 is 15.3 Å². The molecule has 3 heterocycles. The van der Waals surface area contributed by atoms with Crippen molar-refractivity contribution in [1.29, 1.82) is 0 Å². The summed E-state index contributed by atoms with van der Waals surface area (Å²) >= 11 is 0. The van der Waals surface area contributed by atoms with Crippen molar-refractivity contribution in [3.8, 4) is 0 Å². The zero-order chi connectivity index (χ0) is 18.1. The predicted molar refractivity (Wildman–Crippen MR) is 88.3 cm³/mol. The van der Waals surface area contributed by atoms with Gasteiger partial charge in [0, 0.05) is 25.3 Å². The van der Waals surface area contributed by atoms with Crippen LogP contribution in [0.5, 0.6) is 0 Å². The molecule has 2 atom stereocenters. The Morgan fingerprint density at radius 2 is 2.20 bits per heavy atom. The molecule has 0 aliphatic carbocycles. The van der Waals surface area contributed by atoms with Crippen LogP contribution in [0.1, 0.15) is 42.7 Å². The lowest BCUT2D eigenvalue weighted by Gasteiger charge is -2.30. The number of carbonyl (C=O) groups is 1. The number of rotatable bonds is 5. The maximum atomic E-state index is 12.9. The van der Waals surface area contributed by atoms with Gasteiger partial charge in [0.25, 0.3) is 6.43 Å². The molecule has 1 fully saturated rings. The van der Waals surface area contributed by atoms with Gasteiger partial charge in [0.1, 0.15) is 17.1 Å². The number of aromatic nitrogens is 2. The Morgan fingerprint density at radius 3 is 2.72 bits per heavy atom. The summed E-state index contributed by atoms with van der Waals surface area (Å²) in [4.78, 5) is 13.4. The number of nitrogens with one attached hydrogen (secondary N) is 1. The molecule has 6 nitrogen and oxygen atoms in total. The molecule has 1 aromatic rings. The molecule has 0 aromatic carbocycles. The van der Waals surface area contributed by atoms with Crippen LogP contribution in [-0.2, 0) is 6.54 Å². The Kier molecular flexibility index (Phi) is 4.78. The minimum atomic E-state index is -2.91. The number of allylic oxidation sites excluding steroid dienone is 2. The SMILES string of the molecule is CC1CCN(C2=CC=C(Cn3cc(C(=O)O)c(C(F)F)n3)C(C)N2)C1. The van der Waals surface area contributed by atoms with E-state index in [0.717, 1.165) is 24.5 Å². The average Bonchev–Trinajstić information content (AvgIpc) is 3.16. The van der Waals surface area contributed by atoms with Crippen molar-refractivity contribution in [2.24, 2.45) is 5.92 Å². The van der Waals surface area contributed by atoms with Crippen LogP contribution in [0, 0.1) is 5.92 Å². The van der Waals surface area contributed by atoms with Gasteiger partial charge in [0.2, 0.25) is 0 Å². The second-order valence-electron chi connectivity index (χ2n) is 6.73. The van der Waals surface area contributed by atoms with Gasteiger partial charge in [0.15, 0.2) is 0 Å². The van der Waals surface area contributed by atoms with E-state index in [1.54, 1.807) is 0 Å². The second-order valence-corrected chi connectivity index (χ2v) is 6.73. The molecule has 2 aliphatic heterocycles. The number of likely N-dealkylation sites (tertiary alicyclic amines) is 1. The minimum absolute atomic E-state index is 0.0170.